The van der Waals surface area contributed by atoms with E-state index in [0.717, 1.165) is 5.56 Å². The number of fused-ring (bicyclic) bond motifs is 1. The first-order chi connectivity index (χ1) is 16.7. The van der Waals surface area contributed by atoms with Crippen molar-refractivity contribution in [2.45, 2.75) is 78.0 Å². The summed E-state index contributed by atoms with van der Waals surface area (Å²) in [6.45, 7) is 13.3. The van der Waals surface area contributed by atoms with Crippen LogP contribution in [0.15, 0.2) is 6.20 Å². The van der Waals surface area contributed by atoms with Gasteiger partial charge >= 0.3 is 12.1 Å². The monoisotopic (exact) mass is 497 g/mol. The quantitative estimate of drug-likeness (QED) is 0.630. The molecule has 3 aliphatic rings. The number of nitriles is 1. The molecule has 0 radical (unpaired) electrons. The molecule has 0 bridgehead atoms. The van der Waals surface area contributed by atoms with Crippen LogP contribution in [0.1, 0.15) is 65.8 Å². The number of rotatable bonds is 3. The van der Waals surface area contributed by atoms with Crippen LogP contribution in [0.3, 0.4) is 0 Å². The second-order valence-corrected chi connectivity index (χ2v) is 12.1. The third-order valence-electron chi connectivity index (χ3n) is 6.66. The number of anilines is 1. The van der Waals surface area contributed by atoms with Crippen molar-refractivity contribution in [3.8, 4) is 6.07 Å². The minimum Gasteiger partial charge on any atom is -0.444 e. The summed E-state index contributed by atoms with van der Waals surface area (Å²) < 4.78 is 5.45. The highest BCUT2D eigenvalue weighted by Gasteiger charge is 2.54. The fraction of sp³-hybridized carbons (Fsp3) is 0.680. The van der Waals surface area contributed by atoms with E-state index < -0.39 is 23.3 Å². The Labute approximate surface area is 211 Å². The summed E-state index contributed by atoms with van der Waals surface area (Å²) in [6.07, 6.45) is 2.50. The zero-order chi connectivity index (χ0) is 26.5. The summed E-state index contributed by atoms with van der Waals surface area (Å²) in [5.41, 5.74) is -0.791. The standard InChI is InChI=1S/C25H35N7O4/c1-23(2,3)15-32-17(11-16-13-27-18(12-26)28-19(16)32)14-31-20(33)25(29-21(31)34)7-9-30(10-8-25)22(35)36-24(4,5)6/h13,17H,7-11,14-15H2,1-6H3,(H,29,34). The summed E-state index contributed by atoms with van der Waals surface area (Å²) in [4.78, 5) is 52.5. The number of imide groups is 1. The second-order valence-electron chi connectivity index (χ2n) is 12.1. The Morgan fingerprint density at radius 3 is 2.47 bits per heavy atom. The molecule has 0 aromatic carbocycles. The molecule has 36 heavy (non-hydrogen) atoms. The van der Waals surface area contributed by atoms with Crippen molar-refractivity contribution < 1.29 is 19.1 Å². The number of piperidine rings is 1. The highest BCUT2D eigenvalue weighted by molar-refractivity contribution is 6.07. The van der Waals surface area contributed by atoms with Gasteiger partial charge in [0.15, 0.2) is 0 Å². The third-order valence-corrected chi connectivity index (χ3v) is 6.66. The molecule has 0 aliphatic carbocycles. The highest BCUT2D eigenvalue weighted by Crippen LogP contribution is 2.35. The zero-order valence-electron chi connectivity index (χ0n) is 21.9. The lowest BCUT2D eigenvalue weighted by atomic mass is 9.87. The normalized spacial score (nSPS) is 21.5. The Morgan fingerprint density at radius 1 is 1.22 bits per heavy atom. The van der Waals surface area contributed by atoms with E-state index in [1.165, 1.54) is 4.90 Å². The minimum absolute atomic E-state index is 0.0788. The molecule has 1 aromatic heterocycles. The maximum atomic E-state index is 13.6. The second kappa shape index (κ2) is 8.91. The molecule has 1 atom stereocenters. The Bertz CT molecular complexity index is 1110. The molecule has 11 nitrogen and oxygen atoms in total. The average Bonchev–Trinajstić information content (AvgIpc) is 3.21. The van der Waals surface area contributed by atoms with Crippen LogP contribution in [0.25, 0.3) is 0 Å². The van der Waals surface area contributed by atoms with Crippen molar-refractivity contribution >= 4 is 23.8 Å². The van der Waals surface area contributed by atoms with Crippen molar-refractivity contribution in [3.63, 3.8) is 0 Å². The first kappa shape index (κ1) is 25.7. The number of urea groups is 1. The lowest BCUT2D eigenvalue weighted by molar-refractivity contribution is -0.133. The van der Waals surface area contributed by atoms with Crippen LogP contribution < -0.4 is 10.2 Å². The Hall–Kier alpha value is -3.42. The van der Waals surface area contributed by atoms with Gasteiger partial charge < -0.3 is 19.9 Å². The molecule has 11 heteroatoms. The molecule has 4 rings (SSSR count). The number of aromatic nitrogens is 2. The van der Waals surface area contributed by atoms with Crippen LogP contribution in [-0.2, 0) is 16.0 Å². The summed E-state index contributed by atoms with van der Waals surface area (Å²) in [6, 6.07) is 1.40. The van der Waals surface area contributed by atoms with Crippen LogP contribution in [0.5, 0.6) is 0 Å². The van der Waals surface area contributed by atoms with E-state index in [4.69, 9.17) is 4.74 Å². The fourth-order valence-electron chi connectivity index (χ4n) is 5.05. The number of nitrogens with zero attached hydrogens (tertiary/aromatic N) is 6. The van der Waals surface area contributed by atoms with E-state index in [9.17, 15) is 19.6 Å². The molecule has 3 aliphatic heterocycles. The molecule has 2 saturated heterocycles. The van der Waals surface area contributed by atoms with Crippen molar-refractivity contribution in [1.82, 2.24) is 25.1 Å². The van der Waals surface area contributed by atoms with Crippen molar-refractivity contribution in [2.24, 2.45) is 5.41 Å². The molecule has 1 unspecified atom stereocenters. The molecule has 4 amide bonds. The average molecular weight is 498 g/mol. The number of amides is 4. The van der Waals surface area contributed by atoms with Crippen molar-refractivity contribution in [1.29, 1.82) is 5.26 Å². The van der Waals surface area contributed by atoms with Crippen LogP contribution in [0.4, 0.5) is 15.4 Å². The summed E-state index contributed by atoms with van der Waals surface area (Å²) >= 11 is 0. The predicted molar refractivity (Wildman–Crippen MR) is 131 cm³/mol. The maximum absolute atomic E-state index is 13.6. The van der Waals surface area contributed by atoms with Gasteiger partial charge in [0.25, 0.3) is 5.91 Å². The van der Waals surface area contributed by atoms with Crippen molar-refractivity contribution in [2.75, 3.05) is 31.1 Å². The molecule has 194 valence electrons. The Morgan fingerprint density at radius 2 is 1.89 bits per heavy atom. The molecule has 0 saturated carbocycles. The number of carbonyl (C=O) groups is 3. The molecular formula is C25H35N7O4. The van der Waals surface area contributed by atoms with E-state index in [1.54, 1.807) is 11.1 Å². The van der Waals surface area contributed by atoms with Gasteiger partial charge in [0, 0.05) is 31.4 Å². The molecule has 1 aromatic rings. The molecule has 1 spiro atoms. The fourth-order valence-corrected chi connectivity index (χ4v) is 5.05. The lowest BCUT2D eigenvalue weighted by Crippen LogP contribution is -2.56. The molecule has 4 heterocycles. The predicted octanol–water partition coefficient (Wildman–Crippen LogP) is 2.45. The van der Waals surface area contributed by atoms with Gasteiger partial charge in [-0.25, -0.2) is 19.6 Å². The first-order valence-corrected chi connectivity index (χ1v) is 12.4. The third kappa shape index (κ3) is 5.08. The van der Waals surface area contributed by atoms with Gasteiger partial charge in [-0.3, -0.25) is 9.69 Å². The van der Waals surface area contributed by atoms with Gasteiger partial charge in [0.05, 0.1) is 12.6 Å². The zero-order valence-corrected chi connectivity index (χ0v) is 21.9. The number of likely N-dealkylation sites (tertiary alicyclic amines) is 1. The van der Waals surface area contributed by atoms with Crippen LogP contribution >= 0.6 is 0 Å². The molecule has 2 fully saturated rings. The number of hydrogen-bond donors (Lipinski definition) is 1. The minimum atomic E-state index is -1.01. The number of hydrogen-bond acceptors (Lipinski definition) is 8. The van der Waals surface area contributed by atoms with Crippen LogP contribution in [0, 0.1) is 16.7 Å². The Balaban J connectivity index is 1.48. The van der Waals surface area contributed by atoms with E-state index in [-0.39, 0.29) is 29.7 Å². The van der Waals surface area contributed by atoms with E-state index >= 15 is 0 Å². The van der Waals surface area contributed by atoms with E-state index in [0.29, 0.717) is 44.7 Å². The summed E-state index contributed by atoms with van der Waals surface area (Å²) in [5, 5.41) is 12.2. The van der Waals surface area contributed by atoms with Crippen molar-refractivity contribution in [3.05, 3.63) is 17.6 Å². The van der Waals surface area contributed by atoms with Gasteiger partial charge in [-0.15, -0.1) is 0 Å². The summed E-state index contributed by atoms with van der Waals surface area (Å²) in [5.74, 6) is 0.528. The topological polar surface area (TPSA) is 132 Å². The molecular weight excluding hydrogens is 462 g/mol. The number of ether oxygens (including phenoxy) is 1. The Kier molecular flexibility index (Phi) is 6.35. The largest absolute Gasteiger partial charge is 0.444 e. The SMILES string of the molecule is CC(C)(C)CN1c2nc(C#N)ncc2CC1CN1C(=O)NC2(CCN(C(=O)OC(C)(C)C)CC2)C1=O. The van der Waals surface area contributed by atoms with Gasteiger partial charge in [-0.05, 0) is 45.4 Å². The van der Waals surface area contributed by atoms with Gasteiger partial charge in [-0.1, -0.05) is 20.8 Å². The van der Waals surface area contributed by atoms with Gasteiger partial charge in [0.2, 0.25) is 5.82 Å². The van der Waals surface area contributed by atoms with Gasteiger partial charge in [-0.2, -0.15) is 5.26 Å². The smallest absolute Gasteiger partial charge is 0.410 e. The maximum Gasteiger partial charge on any atom is 0.410 e. The number of nitrogens with one attached hydrogen (secondary N) is 1. The van der Waals surface area contributed by atoms with Gasteiger partial charge in [0.1, 0.15) is 23.0 Å². The van der Waals surface area contributed by atoms with Crippen LogP contribution in [-0.4, -0.2) is 81.2 Å². The van der Waals surface area contributed by atoms with E-state index in [2.05, 4.69) is 41.0 Å². The number of carbonyl (C=O) groups excluding carboxylic acids is 3. The van der Waals surface area contributed by atoms with Crippen LogP contribution in [0.2, 0.25) is 0 Å². The molecule has 1 N–H and O–H groups in total. The van der Waals surface area contributed by atoms with E-state index in [1.807, 2.05) is 26.8 Å². The first-order valence-electron chi connectivity index (χ1n) is 12.4. The lowest BCUT2D eigenvalue weighted by Gasteiger charge is -2.38. The highest BCUT2D eigenvalue weighted by atomic mass is 16.6. The summed E-state index contributed by atoms with van der Waals surface area (Å²) in [7, 11) is 0.